The molecule has 0 bridgehead atoms. The quantitative estimate of drug-likeness (QED) is 0.577. The van der Waals surface area contributed by atoms with Crippen molar-refractivity contribution in [1.29, 1.82) is 0 Å². The van der Waals surface area contributed by atoms with E-state index in [-0.39, 0.29) is 6.42 Å². The largest absolute Gasteiger partial charge is 0.395 e. The Morgan fingerprint density at radius 2 is 1.83 bits per heavy atom. The standard InChI is InChI=1S/C9H15F3/c1-4-6-7(3)8(5-2)9(10,11)12/h6,8H,4-5H2,1-3H3/b7-6-. The maximum absolute atomic E-state index is 12.3. The molecule has 0 spiro atoms. The molecular formula is C9H15F3. The highest BCUT2D eigenvalue weighted by Gasteiger charge is 2.38. The highest BCUT2D eigenvalue weighted by Crippen LogP contribution is 2.34. The van der Waals surface area contributed by atoms with Crippen LogP contribution in [0, 0.1) is 5.92 Å². The molecule has 72 valence electrons. The number of rotatable bonds is 3. The van der Waals surface area contributed by atoms with Gasteiger partial charge in [-0.15, -0.1) is 0 Å². The molecule has 1 atom stereocenters. The number of allylic oxidation sites excluding steroid dienone is 2. The molecule has 12 heavy (non-hydrogen) atoms. The second-order valence-corrected chi connectivity index (χ2v) is 2.86. The first-order valence-electron chi connectivity index (χ1n) is 4.16. The van der Waals surface area contributed by atoms with Crippen LogP contribution in [0.3, 0.4) is 0 Å². The van der Waals surface area contributed by atoms with Gasteiger partial charge in [0.15, 0.2) is 0 Å². The van der Waals surface area contributed by atoms with Crippen molar-refractivity contribution in [2.45, 2.75) is 39.8 Å². The third kappa shape index (κ3) is 3.28. The Morgan fingerprint density at radius 3 is 2.08 bits per heavy atom. The zero-order valence-corrected chi connectivity index (χ0v) is 7.70. The van der Waals surface area contributed by atoms with Crippen molar-refractivity contribution < 1.29 is 13.2 Å². The Balaban J connectivity index is 4.46. The lowest BCUT2D eigenvalue weighted by Gasteiger charge is -2.19. The molecule has 0 amide bonds. The minimum absolute atomic E-state index is 0.131. The minimum atomic E-state index is -4.08. The summed E-state index contributed by atoms with van der Waals surface area (Å²) in [5.41, 5.74) is 0.438. The van der Waals surface area contributed by atoms with Gasteiger partial charge in [-0.25, -0.2) is 0 Å². The van der Waals surface area contributed by atoms with E-state index in [0.717, 1.165) is 0 Å². The van der Waals surface area contributed by atoms with Crippen molar-refractivity contribution in [1.82, 2.24) is 0 Å². The maximum Gasteiger partial charge on any atom is 0.395 e. The first-order valence-corrected chi connectivity index (χ1v) is 4.16. The molecule has 3 heteroatoms. The Hall–Kier alpha value is -0.470. The van der Waals surface area contributed by atoms with Gasteiger partial charge in [0.2, 0.25) is 0 Å². The molecule has 1 unspecified atom stereocenters. The van der Waals surface area contributed by atoms with Gasteiger partial charge in [0.25, 0.3) is 0 Å². The predicted molar refractivity (Wildman–Crippen MR) is 43.9 cm³/mol. The summed E-state index contributed by atoms with van der Waals surface area (Å²) < 4.78 is 36.8. The SMILES string of the molecule is CC/C=C(/C)C(CC)C(F)(F)F. The van der Waals surface area contributed by atoms with Crippen molar-refractivity contribution in [2.75, 3.05) is 0 Å². The molecule has 0 aromatic heterocycles. The Labute approximate surface area is 71.5 Å². The summed E-state index contributed by atoms with van der Waals surface area (Å²) in [4.78, 5) is 0. The van der Waals surface area contributed by atoms with E-state index in [1.54, 1.807) is 19.9 Å². The summed E-state index contributed by atoms with van der Waals surface area (Å²) in [6, 6.07) is 0. The highest BCUT2D eigenvalue weighted by molar-refractivity contribution is 5.05. The van der Waals surface area contributed by atoms with Crippen LogP contribution < -0.4 is 0 Å². The molecule has 0 radical (unpaired) electrons. The van der Waals surface area contributed by atoms with Crippen LogP contribution in [0.5, 0.6) is 0 Å². The van der Waals surface area contributed by atoms with E-state index < -0.39 is 12.1 Å². The lowest BCUT2D eigenvalue weighted by molar-refractivity contribution is -0.164. The van der Waals surface area contributed by atoms with E-state index in [0.29, 0.717) is 12.0 Å². The fourth-order valence-electron chi connectivity index (χ4n) is 1.28. The minimum Gasteiger partial charge on any atom is -0.170 e. The maximum atomic E-state index is 12.3. The molecule has 0 saturated heterocycles. The third-order valence-corrected chi connectivity index (χ3v) is 1.88. The first kappa shape index (κ1) is 11.5. The third-order valence-electron chi connectivity index (χ3n) is 1.88. The summed E-state index contributed by atoms with van der Waals surface area (Å²) >= 11 is 0. The van der Waals surface area contributed by atoms with Gasteiger partial charge in [-0.3, -0.25) is 0 Å². The molecule has 0 N–H and O–H groups in total. The van der Waals surface area contributed by atoms with Crippen molar-refractivity contribution in [2.24, 2.45) is 5.92 Å². The Kier molecular flexibility index (Phi) is 4.35. The van der Waals surface area contributed by atoms with Gasteiger partial charge in [-0.05, 0) is 19.8 Å². The predicted octanol–water partition coefficient (Wildman–Crippen LogP) is 3.93. The van der Waals surface area contributed by atoms with Crippen LogP contribution in [-0.2, 0) is 0 Å². The Bertz CT molecular complexity index is 156. The fourth-order valence-corrected chi connectivity index (χ4v) is 1.28. The lowest BCUT2D eigenvalue weighted by atomic mass is 9.96. The highest BCUT2D eigenvalue weighted by atomic mass is 19.4. The molecule has 0 rings (SSSR count). The number of alkyl halides is 3. The van der Waals surface area contributed by atoms with E-state index in [2.05, 4.69) is 0 Å². The summed E-state index contributed by atoms with van der Waals surface area (Å²) in [7, 11) is 0. The summed E-state index contributed by atoms with van der Waals surface area (Å²) in [6.07, 6.45) is -1.64. The van der Waals surface area contributed by atoms with E-state index in [4.69, 9.17) is 0 Å². The van der Waals surface area contributed by atoms with Crippen molar-refractivity contribution in [3.63, 3.8) is 0 Å². The molecule has 0 aliphatic heterocycles. The zero-order chi connectivity index (χ0) is 9.78. The monoisotopic (exact) mass is 180 g/mol. The van der Waals surface area contributed by atoms with Crippen molar-refractivity contribution in [3.8, 4) is 0 Å². The summed E-state index contributed by atoms with van der Waals surface area (Å²) in [6.45, 7) is 4.95. The van der Waals surface area contributed by atoms with Crippen LogP contribution in [0.2, 0.25) is 0 Å². The zero-order valence-electron chi connectivity index (χ0n) is 7.70. The molecule has 0 aliphatic rings. The normalized spacial score (nSPS) is 16.3. The van der Waals surface area contributed by atoms with Gasteiger partial charge < -0.3 is 0 Å². The fraction of sp³-hybridized carbons (Fsp3) is 0.778. The van der Waals surface area contributed by atoms with E-state index >= 15 is 0 Å². The van der Waals surface area contributed by atoms with Crippen molar-refractivity contribution >= 4 is 0 Å². The number of hydrogen-bond acceptors (Lipinski definition) is 0. The molecule has 0 saturated carbocycles. The summed E-state index contributed by atoms with van der Waals surface area (Å²) in [5, 5.41) is 0. The van der Waals surface area contributed by atoms with Gasteiger partial charge in [0.05, 0.1) is 5.92 Å². The smallest absolute Gasteiger partial charge is 0.170 e. The average Bonchev–Trinajstić information content (AvgIpc) is 1.85. The van der Waals surface area contributed by atoms with E-state index in [1.165, 1.54) is 0 Å². The summed E-state index contributed by atoms with van der Waals surface area (Å²) in [5.74, 6) is -1.25. The van der Waals surface area contributed by atoms with Gasteiger partial charge in [0, 0.05) is 0 Å². The lowest BCUT2D eigenvalue weighted by Crippen LogP contribution is -2.23. The number of halogens is 3. The second-order valence-electron chi connectivity index (χ2n) is 2.86. The van der Waals surface area contributed by atoms with E-state index in [1.807, 2.05) is 6.92 Å². The Morgan fingerprint density at radius 1 is 1.33 bits per heavy atom. The molecule has 0 heterocycles. The second kappa shape index (κ2) is 4.53. The topological polar surface area (TPSA) is 0 Å². The van der Waals surface area contributed by atoms with E-state index in [9.17, 15) is 13.2 Å². The van der Waals surface area contributed by atoms with Crippen LogP contribution in [0.25, 0.3) is 0 Å². The molecule has 0 aliphatic carbocycles. The molecular weight excluding hydrogens is 165 g/mol. The average molecular weight is 180 g/mol. The van der Waals surface area contributed by atoms with Gasteiger partial charge >= 0.3 is 6.18 Å². The molecule has 0 fully saturated rings. The van der Waals surface area contributed by atoms with Gasteiger partial charge in [-0.1, -0.05) is 25.5 Å². The van der Waals surface area contributed by atoms with Crippen LogP contribution in [0.1, 0.15) is 33.6 Å². The molecule has 0 aromatic carbocycles. The van der Waals surface area contributed by atoms with Crippen molar-refractivity contribution in [3.05, 3.63) is 11.6 Å². The first-order chi connectivity index (χ1) is 5.43. The van der Waals surface area contributed by atoms with Crippen LogP contribution >= 0.6 is 0 Å². The molecule has 0 nitrogen and oxygen atoms in total. The van der Waals surface area contributed by atoms with Crippen LogP contribution in [0.4, 0.5) is 13.2 Å². The molecule has 0 aromatic rings. The van der Waals surface area contributed by atoms with Crippen LogP contribution in [-0.4, -0.2) is 6.18 Å². The number of hydrogen-bond donors (Lipinski definition) is 0. The van der Waals surface area contributed by atoms with Gasteiger partial charge in [-0.2, -0.15) is 13.2 Å². The van der Waals surface area contributed by atoms with Gasteiger partial charge in [0.1, 0.15) is 0 Å². The van der Waals surface area contributed by atoms with Crippen LogP contribution in [0.15, 0.2) is 11.6 Å².